The molecule has 1 aromatic rings. The van der Waals surface area contributed by atoms with Crippen LogP contribution in [0.4, 0.5) is 11.5 Å². The highest BCUT2D eigenvalue weighted by atomic mass is 16.6. The number of rotatable bonds is 6. The number of anilines is 1. The van der Waals surface area contributed by atoms with Crippen molar-refractivity contribution in [2.45, 2.75) is 6.42 Å². The molecule has 0 radical (unpaired) electrons. The molecule has 1 aromatic heterocycles. The normalized spacial score (nSPS) is 10.5. The first kappa shape index (κ1) is 13.2. The highest BCUT2D eigenvalue weighted by Crippen LogP contribution is 2.20. The third kappa shape index (κ3) is 4.64. The molecule has 1 rings (SSSR count). The van der Waals surface area contributed by atoms with Crippen molar-refractivity contribution in [3.8, 4) is 5.88 Å². The van der Waals surface area contributed by atoms with E-state index >= 15 is 0 Å². The van der Waals surface area contributed by atoms with Crippen LogP contribution in [0.3, 0.4) is 0 Å². The van der Waals surface area contributed by atoms with E-state index in [1.165, 1.54) is 12.1 Å². The molecule has 0 amide bonds. The van der Waals surface area contributed by atoms with E-state index in [4.69, 9.17) is 10.5 Å². The van der Waals surface area contributed by atoms with E-state index < -0.39 is 4.92 Å². The molecule has 0 saturated carbocycles. The van der Waals surface area contributed by atoms with E-state index in [2.05, 4.69) is 4.98 Å². The molecule has 7 nitrogen and oxygen atoms in total. The Morgan fingerprint density at radius 3 is 2.82 bits per heavy atom. The van der Waals surface area contributed by atoms with Crippen LogP contribution in [-0.4, -0.2) is 42.1 Å². The topological polar surface area (TPSA) is 94.5 Å². The lowest BCUT2D eigenvalue weighted by Crippen LogP contribution is -2.15. The summed E-state index contributed by atoms with van der Waals surface area (Å²) in [5, 5.41) is 10.6. The zero-order valence-electron chi connectivity index (χ0n) is 9.92. The van der Waals surface area contributed by atoms with Crippen molar-refractivity contribution in [1.29, 1.82) is 0 Å². The van der Waals surface area contributed by atoms with Crippen molar-refractivity contribution >= 4 is 11.5 Å². The Kier molecular flexibility index (Phi) is 4.65. The number of nitrogen functional groups attached to an aromatic ring is 1. The second-order valence-corrected chi connectivity index (χ2v) is 3.85. The van der Waals surface area contributed by atoms with Gasteiger partial charge in [0.15, 0.2) is 0 Å². The van der Waals surface area contributed by atoms with Gasteiger partial charge in [-0.3, -0.25) is 10.1 Å². The minimum Gasteiger partial charge on any atom is -0.477 e. The molecule has 0 bridgehead atoms. The van der Waals surface area contributed by atoms with E-state index in [0.29, 0.717) is 6.61 Å². The maximum atomic E-state index is 10.6. The van der Waals surface area contributed by atoms with E-state index in [1.54, 1.807) is 0 Å². The van der Waals surface area contributed by atoms with Crippen LogP contribution in [-0.2, 0) is 0 Å². The number of nitro groups is 1. The second-order valence-electron chi connectivity index (χ2n) is 3.85. The number of aromatic nitrogens is 1. The fourth-order valence-corrected chi connectivity index (χ4v) is 1.25. The van der Waals surface area contributed by atoms with Crippen molar-refractivity contribution in [3.63, 3.8) is 0 Å². The summed E-state index contributed by atoms with van der Waals surface area (Å²) >= 11 is 0. The number of hydrogen-bond donors (Lipinski definition) is 1. The Morgan fingerprint density at radius 2 is 2.24 bits per heavy atom. The molecule has 0 aliphatic rings. The number of nitrogens with zero attached hydrogens (tertiary/aromatic N) is 3. The lowest BCUT2D eigenvalue weighted by molar-refractivity contribution is -0.384. The monoisotopic (exact) mass is 240 g/mol. The summed E-state index contributed by atoms with van der Waals surface area (Å²) < 4.78 is 5.31. The Balaban J connectivity index is 2.56. The Hall–Kier alpha value is -1.89. The summed E-state index contributed by atoms with van der Waals surface area (Å²) in [7, 11) is 3.92. The molecule has 0 unspecified atom stereocenters. The van der Waals surface area contributed by atoms with Crippen LogP contribution in [0.15, 0.2) is 12.1 Å². The molecule has 0 aliphatic heterocycles. The molecule has 0 saturated heterocycles. The highest BCUT2D eigenvalue weighted by molar-refractivity contribution is 5.45. The van der Waals surface area contributed by atoms with Gasteiger partial charge in [0.1, 0.15) is 5.82 Å². The van der Waals surface area contributed by atoms with Gasteiger partial charge in [0.2, 0.25) is 5.88 Å². The van der Waals surface area contributed by atoms with E-state index in [1.807, 2.05) is 19.0 Å². The summed E-state index contributed by atoms with van der Waals surface area (Å²) in [5.74, 6) is 0.275. The van der Waals surface area contributed by atoms with Gasteiger partial charge in [-0.2, -0.15) is 4.98 Å². The Labute approximate surface area is 99.3 Å². The van der Waals surface area contributed by atoms with Gasteiger partial charge in [0, 0.05) is 6.54 Å². The van der Waals surface area contributed by atoms with Crippen molar-refractivity contribution in [1.82, 2.24) is 9.88 Å². The van der Waals surface area contributed by atoms with E-state index in [9.17, 15) is 10.1 Å². The summed E-state index contributed by atoms with van der Waals surface area (Å²) in [4.78, 5) is 16.0. The van der Waals surface area contributed by atoms with Gasteiger partial charge in [-0.15, -0.1) is 0 Å². The second kappa shape index (κ2) is 6.00. The molecular formula is C10H16N4O3. The molecule has 7 heteroatoms. The fourth-order valence-electron chi connectivity index (χ4n) is 1.25. The zero-order chi connectivity index (χ0) is 12.8. The summed E-state index contributed by atoms with van der Waals surface area (Å²) in [5.41, 5.74) is 5.33. The number of nitrogens with two attached hydrogens (primary N) is 1. The average Bonchev–Trinajstić information content (AvgIpc) is 2.23. The summed E-state index contributed by atoms with van der Waals surface area (Å²) in [6, 6.07) is 2.47. The van der Waals surface area contributed by atoms with Crippen LogP contribution < -0.4 is 10.5 Å². The molecule has 94 valence electrons. The van der Waals surface area contributed by atoms with Crippen molar-refractivity contribution < 1.29 is 9.66 Å². The van der Waals surface area contributed by atoms with Crippen molar-refractivity contribution in [3.05, 3.63) is 22.2 Å². The minimum atomic E-state index is -0.523. The van der Waals surface area contributed by atoms with Crippen LogP contribution >= 0.6 is 0 Å². The van der Waals surface area contributed by atoms with Crippen LogP contribution in [0.2, 0.25) is 0 Å². The van der Waals surface area contributed by atoms with Gasteiger partial charge >= 0.3 is 0 Å². The quantitative estimate of drug-likeness (QED) is 0.451. The van der Waals surface area contributed by atoms with Crippen LogP contribution in [0.25, 0.3) is 0 Å². The lowest BCUT2D eigenvalue weighted by atomic mass is 10.4. The number of pyridine rings is 1. The third-order valence-corrected chi connectivity index (χ3v) is 2.02. The van der Waals surface area contributed by atoms with Crippen molar-refractivity contribution in [2.75, 3.05) is 33.0 Å². The first-order valence-corrected chi connectivity index (χ1v) is 5.18. The van der Waals surface area contributed by atoms with Gasteiger partial charge in [-0.1, -0.05) is 0 Å². The van der Waals surface area contributed by atoms with Crippen molar-refractivity contribution in [2.24, 2.45) is 0 Å². The largest absolute Gasteiger partial charge is 0.477 e. The van der Waals surface area contributed by atoms with Gasteiger partial charge in [-0.25, -0.2) is 0 Å². The predicted molar refractivity (Wildman–Crippen MR) is 64.0 cm³/mol. The van der Waals surface area contributed by atoms with Gasteiger partial charge in [0.25, 0.3) is 5.69 Å². The smallest absolute Gasteiger partial charge is 0.278 e. The summed E-state index contributed by atoms with van der Waals surface area (Å²) in [6.07, 6.45) is 0.817. The first-order valence-electron chi connectivity index (χ1n) is 5.18. The molecule has 17 heavy (non-hydrogen) atoms. The Morgan fingerprint density at radius 1 is 1.53 bits per heavy atom. The molecule has 0 aromatic carbocycles. The lowest BCUT2D eigenvalue weighted by Gasteiger charge is -2.09. The first-order chi connectivity index (χ1) is 7.99. The van der Waals surface area contributed by atoms with E-state index in [-0.39, 0.29) is 17.4 Å². The molecule has 0 aliphatic carbocycles. The van der Waals surface area contributed by atoms with Gasteiger partial charge in [0.05, 0.1) is 23.7 Å². The average molecular weight is 240 g/mol. The molecule has 1 heterocycles. The van der Waals surface area contributed by atoms with Gasteiger partial charge < -0.3 is 15.4 Å². The highest BCUT2D eigenvalue weighted by Gasteiger charge is 2.10. The molecule has 0 fully saturated rings. The molecular weight excluding hydrogens is 224 g/mol. The predicted octanol–water partition coefficient (Wildman–Crippen LogP) is 0.902. The Bertz CT molecular complexity index is 395. The maximum Gasteiger partial charge on any atom is 0.278 e. The number of hydrogen-bond acceptors (Lipinski definition) is 6. The molecule has 0 spiro atoms. The summed E-state index contributed by atoms with van der Waals surface area (Å²) in [6.45, 7) is 1.33. The fraction of sp³-hybridized carbons (Fsp3) is 0.500. The number of ether oxygens (including phenoxy) is 1. The maximum absolute atomic E-state index is 10.6. The van der Waals surface area contributed by atoms with Crippen LogP contribution in [0, 0.1) is 10.1 Å². The minimum absolute atomic E-state index is 0.0850. The van der Waals surface area contributed by atoms with Crippen LogP contribution in [0.1, 0.15) is 6.42 Å². The van der Waals surface area contributed by atoms with Gasteiger partial charge in [-0.05, 0) is 20.5 Å². The standard InChI is InChI=1S/C10H16N4O3/c1-13(2)4-3-5-17-10-7-8(14(15)16)6-9(11)12-10/h6-7H,3-5H2,1-2H3,(H2,11,12). The molecule has 0 atom stereocenters. The van der Waals surface area contributed by atoms with Crippen LogP contribution in [0.5, 0.6) is 5.88 Å². The zero-order valence-corrected chi connectivity index (χ0v) is 9.92. The van der Waals surface area contributed by atoms with E-state index in [0.717, 1.165) is 13.0 Å². The third-order valence-electron chi connectivity index (χ3n) is 2.02. The SMILES string of the molecule is CN(C)CCCOc1cc([N+](=O)[O-])cc(N)n1. The molecule has 2 N–H and O–H groups in total.